The molecule has 0 aliphatic heterocycles. The highest BCUT2D eigenvalue weighted by Gasteiger charge is 2.37. The molecule has 13 heteroatoms. The summed E-state index contributed by atoms with van der Waals surface area (Å²) >= 11 is 0. The van der Waals surface area contributed by atoms with E-state index >= 15 is 0 Å². The lowest BCUT2D eigenvalue weighted by Crippen LogP contribution is -2.13. The highest BCUT2D eigenvalue weighted by Crippen LogP contribution is 2.39. The third-order valence-corrected chi connectivity index (χ3v) is 4.48. The Hall–Kier alpha value is -3.51. The van der Waals surface area contributed by atoms with Crippen molar-refractivity contribution in [1.82, 2.24) is 4.98 Å². The maximum Gasteiger partial charge on any atom is 0.433 e. The molecular formula is C21H12F9NO3. The van der Waals surface area contributed by atoms with Crippen molar-refractivity contribution >= 4 is 5.97 Å². The minimum atomic E-state index is -5.05. The number of benzene rings is 1. The van der Waals surface area contributed by atoms with Gasteiger partial charge in [-0.05, 0) is 49.4 Å². The molecule has 34 heavy (non-hydrogen) atoms. The van der Waals surface area contributed by atoms with Gasteiger partial charge in [0.15, 0.2) is 0 Å². The Kier molecular flexibility index (Phi) is 6.42. The first-order valence-electron chi connectivity index (χ1n) is 9.16. The summed E-state index contributed by atoms with van der Waals surface area (Å²) < 4.78 is 126. The number of alkyl halides is 9. The van der Waals surface area contributed by atoms with E-state index < -0.39 is 53.5 Å². The smallest absolute Gasteiger partial charge is 0.433 e. The molecule has 0 aliphatic rings. The number of rotatable bonds is 4. The summed E-state index contributed by atoms with van der Waals surface area (Å²) in [7, 11) is 0. The minimum absolute atomic E-state index is 0.0322. The molecule has 0 saturated carbocycles. The van der Waals surface area contributed by atoms with Crippen molar-refractivity contribution in [3.8, 4) is 11.3 Å². The molecule has 0 radical (unpaired) electrons. The topological polar surface area (TPSA) is 52.3 Å². The average Bonchev–Trinajstić information content (AvgIpc) is 3.19. The van der Waals surface area contributed by atoms with Crippen molar-refractivity contribution in [2.75, 3.05) is 0 Å². The number of hydrogen-bond donors (Lipinski definition) is 0. The van der Waals surface area contributed by atoms with Crippen LogP contribution in [0.3, 0.4) is 0 Å². The Labute approximate surface area is 185 Å². The molecule has 0 amide bonds. The molecule has 0 fully saturated rings. The van der Waals surface area contributed by atoms with Crippen molar-refractivity contribution in [1.29, 1.82) is 0 Å². The summed E-state index contributed by atoms with van der Waals surface area (Å²) in [6.07, 6.45) is -14.8. The summed E-state index contributed by atoms with van der Waals surface area (Å²) in [5.74, 6) is -1.54. The Morgan fingerprint density at radius 3 is 1.94 bits per heavy atom. The Balaban J connectivity index is 1.80. The van der Waals surface area contributed by atoms with Gasteiger partial charge in [-0.1, -0.05) is 0 Å². The second-order valence-corrected chi connectivity index (χ2v) is 6.96. The lowest BCUT2D eigenvalue weighted by Gasteiger charge is -2.13. The molecule has 0 saturated heterocycles. The van der Waals surface area contributed by atoms with E-state index in [1.165, 1.54) is 0 Å². The van der Waals surface area contributed by atoms with E-state index in [0.717, 1.165) is 25.1 Å². The number of aromatic nitrogens is 1. The zero-order chi connectivity index (χ0) is 25.5. The van der Waals surface area contributed by atoms with Crippen LogP contribution in [0.15, 0.2) is 46.9 Å². The third-order valence-electron chi connectivity index (χ3n) is 4.48. The van der Waals surface area contributed by atoms with E-state index in [4.69, 9.17) is 9.15 Å². The first-order chi connectivity index (χ1) is 15.6. The number of halogens is 9. The van der Waals surface area contributed by atoms with Gasteiger partial charge in [0.05, 0.1) is 22.4 Å². The maximum atomic E-state index is 13.0. The molecule has 0 N–H and O–H groups in total. The predicted octanol–water partition coefficient (Wildman–Crippen LogP) is 7.06. The van der Waals surface area contributed by atoms with Crippen LogP contribution in [-0.4, -0.2) is 11.0 Å². The fourth-order valence-electron chi connectivity index (χ4n) is 2.86. The van der Waals surface area contributed by atoms with Crippen molar-refractivity contribution in [3.63, 3.8) is 0 Å². The number of carbonyl (C=O) groups is 1. The molecular weight excluding hydrogens is 485 g/mol. The van der Waals surface area contributed by atoms with Gasteiger partial charge in [-0.15, -0.1) is 0 Å². The van der Waals surface area contributed by atoms with Crippen LogP contribution in [0.4, 0.5) is 39.5 Å². The highest BCUT2D eigenvalue weighted by molar-refractivity contribution is 5.90. The van der Waals surface area contributed by atoms with E-state index in [2.05, 4.69) is 4.98 Å². The number of furan rings is 1. The van der Waals surface area contributed by atoms with Gasteiger partial charge < -0.3 is 9.15 Å². The number of ether oxygens (including phenoxy) is 1. The highest BCUT2D eigenvalue weighted by atomic mass is 19.4. The van der Waals surface area contributed by atoms with Crippen LogP contribution in [0.2, 0.25) is 0 Å². The predicted molar refractivity (Wildman–Crippen MR) is 97.2 cm³/mol. The zero-order valence-electron chi connectivity index (χ0n) is 16.8. The fourth-order valence-corrected chi connectivity index (χ4v) is 2.86. The van der Waals surface area contributed by atoms with Crippen LogP contribution < -0.4 is 0 Å². The van der Waals surface area contributed by atoms with Crippen LogP contribution >= 0.6 is 0 Å². The maximum absolute atomic E-state index is 13.0. The Morgan fingerprint density at radius 1 is 0.853 bits per heavy atom. The van der Waals surface area contributed by atoms with E-state index in [0.29, 0.717) is 18.2 Å². The van der Waals surface area contributed by atoms with Crippen LogP contribution in [0.25, 0.3) is 11.3 Å². The molecule has 0 atom stereocenters. The number of esters is 1. The van der Waals surface area contributed by atoms with Gasteiger partial charge in [0.25, 0.3) is 0 Å². The van der Waals surface area contributed by atoms with E-state index in [1.54, 1.807) is 0 Å². The molecule has 2 aromatic heterocycles. The van der Waals surface area contributed by atoms with Crippen LogP contribution in [0.5, 0.6) is 0 Å². The minimum Gasteiger partial charge on any atom is -0.457 e. The van der Waals surface area contributed by atoms with Gasteiger partial charge in [-0.2, -0.15) is 39.5 Å². The van der Waals surface area contributed by atoms with Crippen molar-refractivity contribution in [2.45, 2.75) is 32.1 Å². The quantitative estimate of drug-likeness (QED) is 0.286. The standard InChI is InChI=1S/C21H12F9NO3/c1-10-15(3-5-17(31-10)21(28,29)30)18(32)33-9-14-2-4-16(34-14)11-6-12(19(22,23)24)8-13(7-11)20(25,26)27/h2-8H,9H2,1H3. The van der Waals surface area contributed by atoms with Crippen LogP contribution in [0, 0.1) is 6.92 Å². The Bertz CT molecular complexity index is 1180. The SMILES string of the molecule is Cc1nc(C(F)(F)F)ccc1C(=O)OCc1ccc(-c2cc(C(F)(F)F)cc(C(F)(F)F)c2)o1. The van der Waals surface area contributed by atoms with Gasteiger partial charge in [0.2, 0.25) is 0 Å². The average molecular weight is 497 g/mol. The molecule has 3 aromatic rings. The molecule has 0 unspecified atom stereocenters. The monoisotopic (exact) mass is 497 g/mol. The number of pyridine rings is 1. The molecule has 4 nitrogen and oxygen atoms in total. The van der Waals surface area contributed by atoms with Gasteiger partial charge in [-0.3, -0.25) is 0 Å². The molecule has 182 valence electrons. The number of hydrogen-bond acceptors (Lipinski definition) is 4. The van der Waals surface area contributed by atoms with Gasteiger partial charge in [0, 0.05) is 5.56 Å². The first-order valence-corrected chi connectivity index (χ1v) is 9.16. The Morgan fingerprint density at radius 2 is 1.44 bits per heavy atom. The van der Waals surface area contributed by atoms with Crippen LogP contribution in [0.1, 0.15) is 38.6 Å². The first kappa shape index (κ1) is 25.1. The lowest BCUT2D eigenvalue weighted by molar-refractivity contribution is -0.143. The van der Waals surface area contributed by atoms with Gasteiger partial charge in [-0.25, -0.2) is 9.78 Å². The zero-order valence-corrected chi connectivity index (χ0v) is 16.8. The summed E-state index contributed by atoms with van der Waals surface area (Å²) in [4.78, 5) is 15.4. The van der Waals surface area contributed by atoms with Crippen molar-refractivity contribution in [2.24, 2.45) is 0 Å². The summed E-state index contributed by atoms with van der Waals surface area (Å²) in [5.41, 5.74) is -5.32. The molecule has 0 bridgehead atoms. The molecule has 0 aliphatic carbocycles. The third kappa shape index (κ3) is 5.69. The molecule has 0 spiro atoms. The van der Waals surface area contributed by atoms with Gasteiger partial charge in [0.1, 0.15) is 23.8 Å². The van der Waals surface area contributed by atoms with E-state index in [9.17, 15) is 44.3 Å². The normalized spacial score (nSPS) is 12.6. The second kappa shape index (κ2) is 8.69. The lowest BCUT2D eigenvalue weighted by atomic mass is 10.0. The second-order valence-electron chi connectivity index (χ2n) is 6.96. The molecule has 1 aromatic carbocycles. The van der Waals surface area contributed by atoms with Gasteiger partial charge >= 0.3 is 24.5 Å². The molecule has 2 heterocycles. The van der Waals surface area contributed by atoms with E-state index in [1.807, 2.05) is 0 Å². The molecule has 3 rings (SSSR count). The summed E-state index contributed by atoms with van der Waals surface area (Å²) in [5, 5.41) is 0. The summed E-state index contributed by atoms with van der Waals surface area (Å²) in [6, 6.07) is 4.61. The summed E-state index contributed by atoms with van der Waals surface area (Å²) in [6.45, 7) is 0.563. The van der Waals surface area contributed by atoms with E-state index in [-0.39, 0.29) is 28.8 Å². The van der Waals surface area contributed by atoms with Crippen LogP contribution in [-0.2, 0) is 29.9 Å². The van der Waals surface area contributed by atoms with Crippen molar-refractivity contribution < 1.29 is 53.5 Å². The number of aryl methyl sites for hydroxylation is 1. The number of carbonyl (C=O) groups excluding carboxylic acids is 1. The fraction of sp³-hybridized carbons (Fsp3) is 0.238. The van der Waals surface area contributed by atoms with Crippen molar-refractivity contribution in [3.05, 3.63) is 76.3 Å². The number of nitrogens with zero attached hydrogens (tertiary/aromatic N) is 1. The largest absolute Gasteiger partial charge is 0.457 e.